The first-order valence-corrected chi connectivity index (χ1v) is 8.19. The number of hydrogen-bond donors (Lipinski definition) is 1. The average molecular weight is 291 g/mol. The zero-order chi connectivity index (χ0) is 14.7. The van der Waals surface area contributed by atoms with E-state index in [0.29, 0.717) is 6.54 Å². The number of amides is 1. The summed E-state index contributed by atoms with van der Waals surface area (Å²) in [6.07, 6.45) is 6.94. The maximum absolute atomic E-state index is 12.4. The number of likely N-dealkylation sites (tertiary alicyclic amines) is 1. The molecule has 1 fully saturated rings. The van der Waals surface area contributed by atoms with Crippen molar-refractivity contribution in [3.05, 3.63) is 11.6 Å². The van der Waals surface area contributed by atoms with Gasteiger partial charge in [0.25, 0.3) is 0 Å². The zero-order valence-electron chi connectivity index (χ0n) is 12.8. The van der Waals surface area contributed by atoms with E-state index in [1.807, 2.05) is 11.8 Å². The van der Waals surface area contributed by atoms with Crippen molar-refractivity contribution in [2.24, 2.45) is 0 Å². The molecule has 3 rings (SSSR count). The molecule has 0 aliphatic carbocycles. The predicted octanol–water partition coefficient (Wildman–Crippen LogP) is 1.10. The van der Waals surface area contributed by atoms with Gasteiger partial charge in [-0.25, -0.2) is 0 Å². The number of aromatic nitrogens is 3. The summed E-state index contributed by atoms with van der Waals surface area (Å²) in [4.78, 5) is 14.4. The molecule has 21 heavy (non-hydrogen) atoms. The van der Waals surface area contributed by atoms with Crippen LogP contribution in [0.3, 0.4) is 0 Å². The standard InChI is InChI=1S/C15H25N5O/c1-12(15(21)19-8-4-2-5-9-19)16-11-14-18-17-13-7-3-6-10-20(13)14/h12,16H,2-11H2,1H3. The smallest absolute Gasteiger partial charge is 0.239 e. The molecule has 1 aromatic rings. The van der Waals surface area contributed by atoms with Gasteiger partial charge in [-0.2, -0.15) is 0 Å². The molecular formula is C15H25N5O. The van der Waals surface area contributed by atoms with E-state index in [0.717, 1.165) is 50.5 Å². The van der Waals surface area contributed by atoms with E-state index < -0.39 is 0 Å². The molecule has 1 N–H and O–H groups in total. The molecule has 6 heteroatoms. The maximum Gasteiger partial charge on any atom is 0.239 e. The fourth-order valence-corrected chi connectivity index (χ4v) is 3.22. The first-order valence-electron chi connectivity index (χ1n) is 8.19. The van der Waals surface area contributed by atoms with E-state index >= 15 is 0 Å². The van der Waals surface area contributed by atoms with Gasteiger partial charge in [0.05, 0.1) is 12.6 Å². The lowest BCUT2D eigenvalue weighted by atomic mass is 10.1. The number of aryl methyl sites for hydroxylation is 1. The average Bonchev–Trinajstić information content (AvgIpc) is 2.96. The van der Waals surface area contributed by atoms with Gasteiger partial charge in [-0.15, -0.1) is 10.2 Å². The molecule has 0 spiro atoms. The second kappa shape index (κ2) is 6.56. The summed E-state index contributed by atoms with van der Waals surface area (Å²) in [6.45, 7) is 5.39. The van der Waals surface area contributed by atoms with Gasteiger partial charge in [-0.3, -0.25) is 10.1 Å². The Morgan fingerprint density at radius 2 is 1.90 bits per heavy atom. The van der Waals surface area contributed by atoms with Gasteiger partial charge in [0.15, 0.2) is 0 Å². The van der Waals surface area contributed by atoms with Gasteiger partial charge in [0.1, 0.15) is 11.6 Å². The van der Waals surface area contributed by atoms with E-state index in [1.54, 1.807) is 0 Å². The van der Waals surface area contributed by atoms with Crippen molar-refractivity contribution in [2.45, 2.75) is 64.6 Å². The highest BCUT2D eigenvalue weighted by molar-refractivity contribution is 5.81. The number of nitrogens with one attached hydrogen (secondary N) is 1. The van der Waals surface area contributed by atoms with Crippen LogP contribution in [-0.2, 0) is 24.3 Å². The molecule has 1 atom stereocenters. The third-order valence-corrected chi connectivity index (χ3v) is 4.54. The molecule has 2 aliphatic heterocycles. The van der Waals surface area contributed by atoms with Crippen LogP contribution in [0, 0.1) is 0 Å². The monoisotopic (exact) mass is 291 g/mol. The van der Waals surface area contributed by atoms with E-state index in [2.05, 4.69) is 20.1 Å². The number of nitrogens with zero attached hydrogens (tertiary/aromatic N) is 4. The second-order valence-electron chi connectivity index (χ2n) is 6.13. The Morgan fingerprint density at radius 1 is 1.14 bits per heavy atom. The first kappa shape index (κ1) is 14.5. The molecule has 0 radical (unpaired) electrons. The fraction of sp³-hybridized carbons (Fsp3) is 0.800. The van der Waals surface area contributed by atoms with Crippen LogP contribution in [0.15, 0.2) is 0 Å². The molecule has 1 saturated heterocycles. The second-order valence-corrected chi connectivity index (χ2v) is 6.13. The molecule has 0 aromatic carbocycles. The minimum atomic E-state index is -0.153. The lowest BCUT2D eigenvalue weighted by Gasteiger charge is -2.29. The summed E-state index contributed by atoms with van der Waals surface area (Å²) in [5.74, 6) is 2.27. The van der Waals surface area contributed by atoms with Crippen molar-refractivity contribution in [1.29, 1.82) is 0 Å². The van der Waals surface area contributed by atoms with Gasteiger partial charge in [-0.1, -0.05) is 0 Å². The molecular weight excluding hydrogens is 266 g/mol. The number of carbonyl (C=O) groups excluding carboxylic acids is 1. The van der Waals surface area contributed by atoms with Gasteiger partial charge >= 0.3 is 0 Å². The molecule has 0 saturated carbocycles. The number of carbonyl (C=O) groups is 1. The van der Waals surface area contributed by atoms with Gasteiger partial charge in [0, 0.05) is 26.1 Å². The Bertz CT molecular complexity index is 492. The van der Waals surface area contributed by atoms with Crippen LogP contribution in [0.5, 0.6) is 0 Å². The first-order chi connectivity index (χ1) is 10.3. The predicted molar refractivity (Wildman–Crippen MR) is 79.7 cm³/mol. The van der Waals surface area contributed by atoms with Crippen LogP contribution in [0.1, 0.15) is 50.7 Å². The summed E-state index contributed by atoms with van der Waals surface area (Å²) in [5.41, 5.74) is 0. The molecule has 3 heterocycles. The Labute approximate surface area is 125 Å². The minimum Gasteiger partial charge on any atom is -0.341 e. The van der Waals surface area contributed by atoms with E-state index in [-0.39, 0.29) is 11.9 Å². The van der Waals surface area contributed by atoms with Gasteiger partial charge in [0.2, 0.25) is 5.91 Å². The normalized spacial score (nSPS) is 20.1. The third kappa shape index (κ3) is 3.26. The molecule has 0 bridgehead atoms. The topological polar surface area (TPSA) is 63.1 Å². The Morgan fingerprint density at radius 3 is 2.71 bits per heavy atom. The Balaban J connectivity index is 1.54. The van der Waals surface area contributed by atoms with Crippen molar-refractivity contribution in [3.63, 3.8) is 0 Å². The fourth-order valence-electron chi connectivity index (χ4n) is 3.22. The highest BCUT2D eigenvalue weighted by Crippen LogP contribution is 2.14. The summed E-state index contributed by atoms with van der Waals surface area (Å²) < 4.78 is 2.20. The summed E-state index contributed by atoms with van der Waals surface area (Å²) in [6, 6.07) is -0.153. The summed E-state index contributed by atoms with van der Waals surface area (Å²) in [7, 11) is 0. The van der Waals surface area contributed by atoms with Crippen molar-refractivity contribution >= 4 is 5.91 Å². The van der Waals surface area contributed by atoms with Crippen molar-refractivity contribution < 1.29 is 4.79 Å². The number of piperidine rings is 1. The van der Waals surface area contributed by atoms with Crippen molar-refractivity contribution in [3.8, 4) is 0 Å². The SMILES string of the molecule is CC(NCc1nnc2n1CCCC2)C(=O)N1CCCCC1. The highest BCUT2D eigenvalue weighted by atomic mass is 16.2. The molecule has 1 unspecified atom stereocenters. The van der Waals surface area contributed by atoms with Crippen LogP contribution in [0.4, 0.5) is 0 Å². The summed E-state index contributed by atoms with van der Waals surface area (Å²) in [5, 5.41) is 11.8. The maximum atomic E-state index is 12.4. The van der Waals surface area contributed by atoms with Crippen LogP contribution in [0.25, 0.3) is 0 Å². The van der Waals surface area contributed by atoms with E-state index in [1.165, 1.54) is 19.3 Å². The van der Waals surface area contributed by atoms with Crippen LogP contribution < -0.4 is 5.32 Å². The zero-order valence-corrected chi connectivity index (χ0v) is 12.8. The summed E-state index contributed by atoms with van der Waals surface area (Å²) >= 11 is 0. The largest absolute Gasteiger partial charge is 0.341 e. The van der Waals surface area contributed by atoms with Crippen LogP contribution in [0.2, 0.25) is 0 Å². The van der Waals surface area contributed by atoms with Crippen LogP contribution >= 0.6 is 0 Å². The molecule has 2 aliphatic rings. The Hall–Kier alpha value is -1.43. The Kier molecular flexibility index (Phi) is 4.53. The van der Waals surface area contributed by atoms with Gasteiger partial charge < -0.3 is 9.47 Å². The molecule has 116 valence electrons. The van der Waals surface area contributed by atoms with E-state index in [9.17, 15) is 4.79 Å². The quantitative estimate of drug-likeness (QED) is 0.902. The van der Waals surface area contributed by atoms with E-state index in [4.69, 9.17) is 0 Å². The molecule has 1 amide bonds. The number of fused-ring (bicyclic) bond motifs is 1. The third-order valence-electron chi connectivity index (χ3n) is 4.54. The lowest BCUT2D eigenvalue weighted by Crippen LogP contribution is -2.46. The van der Waals surface area contributed by atoms with Gasteiger partial charge in [-0.05, 0) is 39.0 Å². The minimum absolute atomic E-state index is 0.153. The lowest BCUT2D eigenvalue weighted by molar-refractivity contribution is -0.133. The molecule has 1 aromatic heterocycles. The highest BCUT2D eigenvalue weighted by Gasteiger charge is 2.23. The van der Waals surface area contributed by atoms with Crippen LogP contribution in [-0.4, -0.2) is 44.7 Å². The number of rotatable bonds is 4. The van der Waals surface area contributed by atoms with Crippen molar-refractivity contribution in [2.75, 3.05) is 13.1 Å². The van der Waals surface area contributed by atoms with Crippen molar-refractivity contribution in [1.82, 2.24) is 25.0 Å². The number of hydrogen-bond acceptors (Lipinski definition) is 4. The molecule has 6 nitrogen and oxygen atoms in total.